The Morgan fingerprint density at radius 1 is 1.08 bits per heavy atom. The van der Waals surface area contributed by atoms with Crippen molar-refractivity contribution >= 4 is 33.7 Å². The molecule has 1 rings (SSSR count). The van der Waals surface area contributed by atoms with Gasteiger partial charge in [0.15, 0.2) is 0 Å². The highest BCUT2D eigenvalue weighted by molar-refractivity contribution is 9.10. The molecule has 0 fully saturated rings. The Kier molecular flexibility index (Phi) is 7.57. The van der Waals surface area contributed by atoms with Gasteiger partial charge in [0.1, 0.15) is 11.4 Å². The minimum absolute atomic E-state index is 0.0280. The van der Waals surface area contributed by atoms with E-state index < -0.39 is 23.0 Å². The third kappa shape index (κ3) is 6.90. The lowest BCUT2D eigenvalue weighted by Gasteiger charge is -2.28. The maximum Gasteiger partial charge on any atom is 0.338 e. The largest absolute Gasteiger partial charge is 0.462 e. The molecule has 144 valence electrons. The fourth-order valence-corrected chi connectivity index (χ4v) is 2.72. The fraction of sp³-hybridized carbons (Fsp3) is 0.550. The van der Waals surface area contributed by atoms with E-state index in [1.807, 2.05) is 0 Å². The molecule has 1 aromatic rings. The van der Waals surface area contributed by atoms with Crippen LogP contribution in [0.3, 0.4) is 0 Å². The average molecular weight is 427 g/mol. The first-order valence-electron chi connectivity index (χ1n) is 8.56. The topological polar surface area (TPSA) is 69.7 Å². The van der Waals surface area contributed by atoms with Gasteiger partial charge in [-0.25, -0.2) is 4.79 Å². The molecular weight excluding hydrogens is 400 g/mol. The van der Waals surface area contributed by atoms with Crippen molar-refractivity contribution in [2.45, 2.75) is 60.0 Å². The smallest absolute Gasteiger partial charge is 0.338 e. The summed E-state index contributed by atoms with van der Waals surface area (Å²) in [5.41, 5.74) is -0.620. The van der Waals surface area contributed by atoms with Gasteiger partial charge in [-0.1, -0.05) is 22.0 Å². The third-order valence-corrected chi connectivity index (χ3v) is 4.04. The first-order chi connectivity index (χ1) is 11.9. The molecule has 0 aliphatic rings. The van der Waals surface area contributed by atoms with Crippen LogP contribution in [0.25, 0.3) is 0 Å². The van der Waals surface area contributed by atoms with Crippen LogP contribution in [0, 0.1) is 5.41 Å². The number of hydrogen-bond donors (Lipinski definition) is 0. The maximum absolute atomic E-state index is 12.5. The summed E-state index contributed by atoms with van der Waals surface area (Å²) in [6.07, 6.45) is 0.0773. The van der Waals surface area contributed by atoms with E-state index >= 15 is 0 Å². The lowest BCUT2D eigenvalue weighted by molar-refractivity contribution is -0.167. The molecule has 0 atom stereocenters. The van der Waals surface area contributed by atoms with Crippen LogP contribution in [0.1, 0.15) is 63.9 Å². The predicted molar refractivity (Wildman–Crippen MR) is 103 cm³/mol. The zero-order valence-electron chi connectivity index (χ0n) is 16.3. The van der Waals surface area contributed by atoms with Crippen LogP contribution >= 0.6 is 15.9 Å². The van der Waals surface area contributed by atoms with Crippen LogP contribution in [-0.4, -0.2) is 29.9 Å². The summed E-state index contributed by atoms with van der Waals surface area (Å²) in [7, 11) is 0. The summed E-state index contributed by atoms with van der Waals surface area (Å²) in [4.78, 5) is 37.0. The number of Topliss-reactive ketones (excluding diaryl/α,β-unsaturated/α-hetero) is 1. The van der Waals surface area contributed by atoms with Gasteiger partial charge in [0.25, 0.3) is 0 Å². The van der Waals surface area contributed by atoms with Crippen LogP contribution in [0.2, 0.25) is 0 Å². The van der Waals surface area contributed by atoms with E-state index in [1.165, 1.54) is 0 Å². The SMILES string of the molecule is CCOC(=O)c1cc(Br)ccc1CC(=O)CC(C)(C)C(=O)OC(C)(C)C. The first kappa shape index (κ1) is 22.4. The van der Waals surface area contributed by atoms with Crippen molar-refractivity contribution < 1.29 is 23.9 Å². The molecule has 0 N–H and O–H groups in total. The summed E-state index contributed by atoms with van der Waals surface area (Å²) in [6.45, 7) is 10.7. The van der Waals surface area contributed by atoms with Crippen molar-refractivity contribution in [1.82, 2.24) is 0 Å². The monoisotopic (exact) mass is 426 g/mol. The number of carbonyl (C=O) groups is 3. The van der Waals surface area contributed by atoms with Gasteiger partial charge in [0.2, 0.25) is 0 Å². The third-order valence-electron chi connectivity index (χ3n) is 3.55. The van der Waals surface area contributed by atoms with E-state index in [4.69, 9.17) is 9.47 Å². The number of carbonyl (C=O) groups excluding carboxylic acids is 3. The molecule has 0 aliphatic carbocycles. The highest BCUT2D eigenvalue weighted by Gasteiger charge is 2.34. The van der Waals surface area contributed by atoms with Gasteiger partial charge in [0.05, 0.1) is 17.6 Å². The number of ketones is 1. The van der Waals surface area contributed by atoms with Gasteiger partial charge in [0, 0.05) is 17.3 Å². The summed E-state index contributed by atoms with van der Waals surface area (Å²) in [5, 5.41) is 0. The molecule has 0 aromatic heterocycles. The van der Waals surface area contributed by atoms with E-state index in [2.05, 4.69) is 15.9 Å². The number of halogens is 1. The van der Waals surface area contributed by atoms with Gasteiger partial charge < -0.3 is 9.47 Å². The van der Waals surface area contributed by atoms with Crippen molar-refractivity contribution in [3.8, 4) is 0 Å². The van der Waals surface area contributed by atoms with Crippen LogP contribution in [0.4, 0.5) is 0 Å². The Balaban J connectivity index is 2.91. The number of esters is 2. The molecule has 0 unspecified atom stereocenters. The standard InChI is InChI=1S/C20H27BrO5/c1-7-25-17(23)16-11-14(21)9-8-13(16)10-15(22)12-20(5,6)18(24)26-19(2,3)4/h8-9,11H,7,10,12H2,1-6H3. The average Bonchev–Trinajstić information content (AvgIpc) is 2.47. The quantitative estimate of drug-likeness (QED) is 0.600. The van der Waals surface area contributed by atoms with Gasteiger partial charge in [-0.15, -0.1) is 0 Å². The number of rotatable bonds is 7. The fourth-order valence-electron chi connectivity index (χ4n) is 2.36. The Morgan fingerprint density at radius 3 is 2.23 bits per heavy atom. The van der Waals surface area contributed by atoms with Gasteiger partial charge >= 0.3 is 11.9 Å². The molecule has 0 saturated heterocycles. The number of hydrogen-bond acceptors (Lipinski definition) is 5. The van der Waals surface area contributed by atoms with E-state index in [1.54, 1.807) is 59.7 Å². The Bertz CT molecular complexity index is 686. The Hall–Kier alpha value is -1.69. The normalized spacial score (nSPS) is 11.8. The van der Waals surface area contributed by atoms with E-state index in [9.17, 15) is 14.4 Å². The highest BCUT2D eigenvalue weighted by Crippen LogP contribution is 2.27. The summed E-state index contributed by atoms with van der Waals surface area (Å²) in [5.74, 6) is -1.03. The Morgan fingerprint density at radius 2 is 1.69 bits per heavy atom. The van der Waals surface area contributed by atoms with Gasteiger partial charge in [-0.3, -0.25) is 9.59 Å². The summed E-state index contributed by atoms with van der Waals surface area (Å²) >= 11 is 3.32. The summed E-state index contributed by atoms with van der Waals surface area (Å²) in [6, 6.07) is 5.12. The molecule has 0 bridgehead atoms. The maximum atomic E-state index is 12.5. The molecule has 1 aromatic carbocycles. The molecule has 0 saturated carbocycles. The predicted octanol–water partition coefficient (Wildman–Crippen LogP) is 4.50. The molecule has 0 radical (unpaired) electrons. The zero-order chi connectivity index (χ0) is 20.1. The Labute approximate surface area is 163 Å². The van der Waals surface area contributed by atoms with E-state index in [0.29, 0.717) is 11.1 Å². The van der Waals surface area contributed by atoms with Crippen LogP contribution < -0.4 is 0 Å². The lowest BCUT2D eigenvalue weighted by atomic mass is 9.85. The first-order valence-corrected chi connectivity index (χ1v) is 9.35. The van der Waals surface area contributed by atoms with Crippen LogP contribution in [0.5, 0.6) is 0 Å². The van der Waals surface area contributed by atoms with Crippen molar-refractivity contribution in [2.24, 2.45) is 5.41 Å². The molecule has 0 spiro atoms. The second-order valence-corrected chi connectivity index (χ2v) is 8.72. The van der Waals surface area contributed by atoms with E-state index in [0.717, 1.165) is 4.47 Å². The second kappa shape index (κ2) is 8.80. The number of benzene rings is 1. The zero-order valence-corrected chi connectivity index (χ0v) is 17.9. The molecule has 0 heterocycles. The molecular formula is C20H27BrO5. The molecule has 6 heteroatoms. The van der Waals surface area contributed by atoms with Gasteiger partial charge in [-0.2, -0.15) is 0 Å². The van der Waals surface area contributed by atoms with E-state index in [-0.39, 0.29) is 25.2 Å². The van der Waals surface area contributed by atoms with Crippen molar-refractivity contribution in [2.75, 3.05) is 6.61 Å². The van der Waals surface area contributed by atoms with Crippen LogP contribution in [-0.2, 0) is 25.5 Å². The highest BCUT2D eigenvalue weighted by atomic mass is 79.9. The lowest BCUT2D eigenvalue weighted by Crippen LogP contribution is -2.35. The van der Waals surface area contributed by atoms with Crippen molar-refractivity contribution in [1.29, 1.82) is 0 Å². The minimum Gasteiger partial charge on any atom is -0.462 e. The minimum atomic E-state index is -0.941. The van der Waals surface area contributed by atoms with Crippen molar-refractivity contribution in [3.05, 3.63) is 33.8 Å². The second-order valence-electron chi connectivity index (χ2n) is 7.80. The van der Waals surface area contributed by atoms with Gasteiger partial charge in [-0.05, 0) is 59.2 Å². The van der Waals surface area contributed by atoms with Crippen molar-refractivity contribution in [3.63, 3.8) is 0 Å². The molecule has 5 nitrogen and oxygen atoms in total. The number of ether oxygens (including phenoxy) is 2. The molecule has 0 aliphatic heterocycles. The molecule has 0 amide bonds. The molecule has 26 heavy (non-hydrogen) atoms. The summed E-state index contributed by atoms with van der Waals surface area (Å²) < 4.78 is 11.2. The van der Waals surface area contributed by atoms with Crippen LogP contribution in [0.15, 0.2) is 22.7 Å².